The maximum atomic E-state index is 8.77. The molecule has 1 aromatic rings. The van der Waals surface area contributed by atoms with Gasteiger partial charge < -0.3 is 10.1 Å². The summed E-state index contributed by atoms with van der Waals surface area (Å²) < 4.78 is 5.40. The van der Waals surface area contributed by atoms with Crippen LogP contribution in [0.15, 0.2) is 24.3 Å². The van der Waals surface area contributed by atoms with Crippen LogP contribution < -0.4 is 10.1 Å². The van der Waals surface area contributed by atoms with Gasteiger partial charge in [0.05, 0.1) is 12.7 Å². The van der Waals surface area contributed by atoms with Gasteiger partial charge in [-0.25, -0.2) is 0 Å². The third kappa shape index (κ3) is 1.94. The van der Waals surface area contributed by atoms with Gasteiger partial charge >= 0.3 is 0 Å². The Hall–Kier alpha value is -1.95. The largest absolute Gasteiger partial charge is 0.494 e. The number of hydrogen-bond donors (Lipinski definition) is 1. The molecule has 1 atom stereocenters. The topological polar surface area (TPSA) is 45.0 Å². The Morgan fingerprint density at radius 1 is 1.53 bits per heavy atom. The van der Waals surface area contributed by atoms with Crippen LogP contribution in [-0.2, 0) is 0 Å². The number of nitrogens with one attached hydrogen (secondary N) is 1. The summed E-state index contributed by atoms with van der Waals surface area (Å²) >= 11 is 0. The van der Waals surface area contributed by atoms with Gasteiger partial charge in [-0.1, -0.05) is 6.08 Å². The number of nitrogens with zero attached hydrogens (tertiary/aromatic N) is 1. The lowest BCUT2D eigenvalue weighted by atomic mass is 10.1. The van der Waals surface area contributed by atoms with Gasteiger partial charge in [0.25, 0.3) is 0 Å². The molecule has 0 saturated heterocycles. The number of nitriles is 1. The highest BCUT2D eigenvalue weighted by atomic mass is 16.5. The average molecular weight is 200 g/mol. The van der Waals surface area contributed by atoms with Crippen molar-refractivity contribution in [2.75, 3.05) is 11.9 Å². The standard InChI is InChI=1S/C12H12N2O/c1-2-15-11-5-6-12-9(7-11)3-4-10(8-13)14-12/h3-7,10,14H,2H2,1H3/t10-/m1/s1. The van der Waals surface area contributed by atoms with Crippen molar-refractivity contribution >= 4 is 11.8 Å². The summed E-state index contributed by atoms with van der Waals surface area (Å²) in [5.41, 5.74) is 2.04. The molecule has 0 aromatic heterocycles. The summed E-state index contributed by atoms with van der Waals surface area (Å²) in [6, 6.07) is 7.74. The highest BCUT2D eigenvalue weighted by Crippen LogP contribution is 2.27. The molecule has 1 heterocycles. The van der Waals surface area contributed by atoms with Crippen molar-refractivity contribution in [2.24, 2.45) is 0 Å². The Labute approximate surface area is 89.0 Å². The fourth-order valence-corrected chi connectivity index (χ4v) is 1.56. The van der Waals surface area contributed by atoms with E-state index in [0.717, 1.165) is 17.0 Å². The first kappa shape index (κ1) is 9.60. The van der Waals surface area contributed by atoms with E-state index in [-0.39, 0.29) is 6.04 Å². The SMILES string of the molecule is CCOc1ccc2c(c1)C=C[C@H](C#N)N2. The molecule has 3 nitrogen and oxygen atoms in total. The average Bonchev–Trinajstić information content (AvgIpc) is 2.29. The van der Waals surface area contributed by atoms with Crippen LogP contribution in [0.2, 0.25) is 0 Å². The summed E-state index contributed by atoms with van der Waals surface area (Å²) in [6.07, 6.45) is 3.79. The van der Waals surface area contributed by atoms with Crippen LogP contribution in [0.1, 0.15) is 12.5 Å². The van der Waals surface area contributed by atoms with Crippen LogP contribution >= 0.6 is 0 Å². The van der Waals surface area contributed by atoms with Crippen molar-refractivity contribution in [1.82, 2.24) is 0 Å². The van der Waals surface area contributed by atoms with Crippen molar-refractivity contribution in [3.8, 4) is 11.8 Å². The zero-order valence-electron chi connectivity index (χ0n) is 8.53. The fourth-order valence-electron chi connectivity index (χ4n) is 1.56. The van der Waals surface area contributed by atoms with Crippen LogP contribution in [0.25, 0.3) is 6.08 Å². The second-order valence-electron chi connectivity index (χ2n) is 3.29. The number of ether oxygens (including phenoxy) is 1. The summed E-state index contributed by atoms with van der Waals surface area (Å²) in [5, 5.41) is 11.9. The molecular formula is C12H12N2O. The van der Waals surface area contributed by atoms with Crippen molar-refractivity contribution in [3.05, 3.63) is 29.8 Å². The predicted octanol–water partition coefficient (Wildman–Crippen LogP) is 2.42. The second-order valence-corrected chi connectivity index (χ2v) is 3.29. The van der Waals surface area contributed by atoms with Crippen LogP contribution in [0, 0.1) is 11.3 Å². The van der Waals surface area contributed by atoms with Gasteiger partial charge in [0, 0.05) is 11.3 Å². The lowest BCUT2D eigenvalue weighted by molar-refractivity contribution is 0.340. The third-order valence-corrected chi connectivity index (χ3v) is 2.25. The number of fused-ring (bicyclic) bond motifs is 1. The first-order chi connectivity index (χ1) is 7.33. The molecule has 76 valence electrons. The first-order valence-electron chi connectivity index (χ1n) is 4.94. The zero-order valence-corrected chi connectivity index (χ0v) is 8.53. The van der Waals surface area contributed by atoms with Crippen LogP contribution in [-0.4, -0.2) is 12.6 Å². The lowest BCUT2D eigenvalue weighted by Crippen LogP contribution is -2.17. The quantitative estimate of drug-likeness (QED) is 0.797. The van der Waals surface area contributed by atoms with Gasteiger partial charge in [0.2, 0.25) is 0 Å². The summed E-state index contributed by atoms with van der Waals surface area (Å²) in [6.45, 7) is 2.62. The Bertz CT molecular complexity index is 432. The smallest absolute Gasteiger partial charge is 0.133 e. The summed E-state index contributed by atoms with van der Waals surface area (Å²) in [7, 11) is 0. The predicted molar refractivity (Wildman–Crippen MR) is 59.7 cm³/mol. The van der Waals surface area contributed by atoms with Crippen LogP contribution in [0.5, 0.6) is 5.75 Å². The third-order valence-electron chi connectivity index (χ3n) is 2.25. The number of rotatable bonds is 2. The Morgan fingerprint density at radius 3 is 3.13 bits per heavy atom. The number of hydrogen-bond acceptors (Lipinski definition) is 3. The molecule has 2 rings (SSSR count). The van der Waals surface area contributed by atoms with Gasteiger partial charge in [0.1, 0.15) is 11.8 Å². The van der Waals surface area contributed by atoms with Gasteiger partial charge in [-0.2, -0.15) is 5.26 Å². The Kier molecular flexibility index (Phi) is 2.59. The van der Waals surface area contributed by atoms with Crippen molar-refractivity contribution < 1.29 is 4.74 Å². The number of benzene rings is 1. The molecule has 1 aliphatic rings. The Morgan fingerprint density at radius 2 is 2.40 bits per heavy atom. The lowest BCUT2D eigenvalue weighted by Gasteiger charge is -2.17. The molecular weight excluding hydrogens is 188 g/mol. The molecule has 15 heavy (non-hydrogen) atoms. The molecule has 0 aliphatic carbocycles. The monoisotopic (exact) mass is 200 g/mol. The highest BCUT2D eigenvalue weighted by molar-refractivity contribution is 5.73. The van der Waals surface area contributed by atoms with E-state index in [9.17, 15) is 0 Å². The van der Waals surface area contributed by atoms with E-state index in [0.29, 0.717) is 6.61 Å². The van der Waals surface area contributed by atoms with E-state index in [1.807, 2.05) is 37.3 Å². The molecule has 1 aromatic carbocycles. The maximum Gasteiger partial charge on any atom is 0.133 e. The first-order valence-corrected chi connectivity index (χ1v) is 4.94. The van der Waals surface area contributed by atoms with E-state index in [1.165, 1.54) is 0 Å². The molecule has 0 spiro atoms. The van der Waals surface area contributed by atoms with E-state index >= 15 is 0 Å². The van der Waals surface area contributed by atoms with E-state index < -0.39 is 0 Å². The maximum absolute atomic E-state index is 8.77. The minimum absolute atomic E-state index is 0.226. The minimum atomic E-state index is -0.226. The van der Waals surface area contributed by atoms with E-state index in [4.69, 9.17) is 10.00 Å². The van der Waals surface area contributed by atoms with E-state index in [1.54, 1.807) is 0 Å². The molecule has 1 N–H and O–H groups in total. The highest BCUT2D eigenvalue weighted by Gasteiger charge is 2.11. The van der Waals surface area contributed by atoms with Gasteiger partial charge in [0.15, 0.2) is 0 Å². The molecule has 0 fully saturated rings. The van der Waals surface area contributed by atoms with Crippen molar-refractivity contribution in [2.45, 2.75) is 13.0 Å². The van der Waals surface area contributed by atoms with Gasteiger partial charge in [-0.05, 0) is 31.2 Å². The van der Waals surface area contributed by atoms with Gasteiger partial charge in [-0.3, -0.25) is 0 Å². The van der Waals surface area contributed by atoms with Crippen LogP contribution in [0.3, 0.4) is 0 Å². The summed E-state index contributed by atoms with van der Waals surface area (Å²) in [5.74, 6) is 0.859. The minimum Gasteiger partial charge on any atom is -0.494 e. The van der Waals surface area contributed by atoms with Crippen LogP contribution in [0.4, 0.5) is 5.69 Å². The molecule has 0 amide bonds. The molecule has 3 heteroatoms. The molecule has 0 unspecified atom stereocenters. The Balaban J connectivity index is 2.28. The summed E-state index contributed by atoms with van der Waals surface area (Å²) in [4.78, 5) is 0. The second kappa shape index (κ2) is 4.05. The van der Waals surface area contributed by atoms with E-state index in [2.05, 4.69) is 11.4 Å². The normalized spacial score (nSPS) is 17.5. The zero-order chi connectivity index (χ0) is 10.7. The molecule has 1 aliphatic heterocycles. The van der Waals surface area contributed by atoms with Crippen molar-refractivity contribution in [1.29, 1.82) is 5.26 Å². The van der Waals surface area contributed by atoms with Gasteiger partial charge in [-0.15, -0.1) is 0 Å². The van der Waals surface area contributed by atoms with Crippen molar-refractivity contribution in [3.63, 3.8) is 0 Å². The molecule has 0 bridgehead atoms. The molecule has 0 saturated carbocycles. The fraction of sp³-hybridized carbons (Fsp3) is 0.250. The number of anilines is 1. The molecule has 0 radical (unpaired) electrons.